The maximum absolute atomic E-state index is 11.9. The van der Waals surface area contributed by atoms with E-state index < -0.39 is 0 Å². The highest BCUT2D eigenvalue weighted by molar-refractivity contribution is 5.81. The average molecular weight is 197 g/mol. The molecule has 0 spiro atoms. The van der Waals surface area contributed by atoms with Gasteiger partial charge in [0.1, 0.15) is 0 Å². The molecule has 1 atom stereocenters. The van der Waals surface area contributed by atoms with Gasteiger partial charge in [0.05, 0.1) is 6.04 Å². The minimum absolute atomic E-state index is 0.0351. The first-order valence-electron chi connectivity index (χ1n) is 5.47. The van der Waals surface area contributed by atoms with Gasteiger partial charge in [0.15, 0.2) is 0 Å². The molecule has 4 nitrogen and oxygen atoms in total. The fourth-order valence-corrected chi connectivity index (χ4v) is 2.22. The van der Waals surface area contributed by atoms with Crippen molar-refractivity contribution in [3.63, 3.8) is 0 Å². The van der Waals surface area contributed by atoms with E-state index in [-0.39, 0.29) is 18.0 Å². The van der Waals surface area contributed by atoms with Crippen molar-refractivity contribution in [2.24, 2.45) is 5.73 Å². The van der Waals surface area contributed by atoms with Gasteiger partial charge in [0.2, 0.25) is 5.91 Å². The lowest BCUT2D eigenvalue weighted by Crippen LogP contribution is -2.61. The van der Waals surface area contributed by atoms with Crippen LogP contribution in [0, 0.1) is 0 Å². The number of carbonyl (C=O) groups is 1. The Morgan fingerprint density at radius 3 is 2.43 bits per heavy atom. The molecule has 0 aromatic rings. The average Bonchev–Trinajstić information content (AvgIpc) is 2.63. The Morgan fingerprint density at radius 1 is 1.36 bits per heavy atom. The van der Waals surface area contributed by atoms with E-state index in [0.717, 1.165) is 39.0 Å². The van der Waals surface area contributed by atoms with Crippen molar-refractivity contribution in [3.8, 4) is 0 Å². The Labute approximate surface area is 85.0 Å². The van der Waals surface area contributed by atoms with Crippen molar-refractivity contribution in [2.75, 3.05) is 26.2 Å². The van der Waals surface area contributed by atoms with Crippen LogP contribution in [0.2, 0.25) is 0 Å². The van der Waals surface area contributed by atoms with Gasteiger partial charge in [0.25, 0.3) is 0 Å². The normalized spacial score (nSPS) is 26.3. The van der Waals surface area contributed by atoms with Gasteiger partial charge in [-0.15, -0.1) is 0 Å². The van der Waals surface area contributed by atoms with Crippen LogP contribution in [0.15, 0.2) is 0 Å². The van der Waals surface area contributed by atoms with Crippen LogP contribution in [0.4, 0.5) is 0 Å². The minimum Gasteiger partial charge on any atom is -0.341 e. The van der Waals surface area contributed by atoms with E-state index in [1.54, 1.807) is 0 Å². The Kier molecular flexibility index (Phi) is 2.74. The first-order chi connectivity index (χ1) is 6.68. The predicted octanol–water partition coefficient (Wildman–Crippen LogP) is -0.360. The SMILES string of the molecule is CC(C(=O)N1CCCC1)N1CC(N)C1. The second-order valence-corrected chi connectivity index (χ2v) is 4.42. The summed E-state index contributed by atoms with van der Waals surface area (Å²) in [5.41, 5.74) is 5.69. The fraction of sp³-hybridized carbons (Fsp3) is 0.900. The van der Waals surface area contributed by atoms with Crippen molar-refractivity contribution in [3.05, 3.63) is 0 Å². The van der Waals surface area contributed by atoms with Gasteiger partial charge >= 0.3 is 0 Å². The van der Waals surface area contributed by atoms with Crippen molar-refractivity contribution < 1.29 is 4.79 Å². The van der Waals surface area contributed by atoms with Gasteiger partial charge in [-0.25, -0.2) is 0 Å². The van der Waals surface area contributed by atoms with Crippen LogP contribution in [0.5, 0.6) is 0 Å². The van der Waals surface area contributed by atoms with Crippen molar-refractivity contribution >= 4 is 5.91 Å². The fourth-order valence-electron chi connectivity index (χ4n) is 2.22. The summed E-state index contributed by atoms with van der Waals surface area (Å²) in [6, 6.07) is 0.316. The molecule has 0 radical (unpaired) electrons. The maximum atomic E-state index is 11.9. The molecule has 1 amide bonds. The van der Waals surface area contributed by atoms with Gasteiger partial charge in [-0.3, -0.25) is 9.69 Å². The van der Waals surface area contributed by atoms with Gasteiger partial charge in [0, 0.05) is 32.2 Å². The lowest BCUT2D eigenvalue weighted by atomic mass is 10.1. The molecule has 2 aliphatic heterocycles. The number of amides is 1. The van der Waals surface area contributed by atoms with Crippen LogP contribution in [0.25, 0.3) is 0 Å². The number of nitrogens with two attached hydrogens (primary N) is 1. The molecular weight excluding hydrogens is 178 g/mol. The van der Waals surface area contributed by atoms with E-state index in [1.807, 2.05) is 11.8 Å². The Bertz CT molecular complexity index is 219. The summed E-state index contributed by atoms with van der Waals surface area (Å²) in [6.45, 7) is 5.64. The lowest BCUT2D eigenvalue weighted by Gasteiger charge is -2.41. The quantitative estimate of drug-likeness (QED) is 0.657. The molecule has 0 aliphatic carbocycles. The van der Waals surface area contributed by atoms with E-state index in [2.05, 4.69) is 4.90 Å². The van der Waals surface area contributed by atoms with Crippen LogP contribution in [0.1, 0.15) is 19.8 Å². The number of rotatable bonds is 2. The molecule has 2 fully saturated rings. The summed E-state index contributed by atoms with van der Waals surface area (Å²) in [6.07, 6.45) is 2.33. The molecule has 2 rings (SSSR count). The van der Waals surface area contributed by atoms with Crippen LogP contribution >= 0.6 is 0 Å². The van der Waals surface area contributed by atoms with Gasteiger partial charge in [-0.05, 0) is 19.8 Å². The molecule has 4 heteroatoms. The first kappa shape index (κ1) is 9.93. The third-order valence-electron chi connectivity index (χ3n) is 3.26. The smallest absolute Gasteiger partial charge is 0.239 e. The largest absolute Gasteiger partial charge is 0.341 e. The van der Waals surface area contributed by atoms with Crippen LogP contribution in [0.3, 0.4) is 0 Å². The second kappa shape index (κ2) is 3.87. The molecule has 2 saturated heterocycles. The molecule has 0 saturated carbocycles. The number of carbonyl (C=O) groups excluding carboxylic acids is 1. The molecule has 2 N–H and O–H groups in total. The summed E-state index contributed by atoms with van der Waals surface area (Å²) >= 11 is 0. The lowest BCUT2D eigenvalue weighted by molar-refractivity contribution is -0.137. The number of likely N-dealkylation sites (tertiary alicyclic amines) is 2. The molecule has 80 valence electrons. The first-order valence-corrected chi connectivity index (χ1v) is 5.47. The molecule has 2 heterocycles. The van der Waals surface area contributed by atoms with Crippen molar-refractivity contribution in [2.45, 2.75) is 31.8 Å². The van der Waals surface area contributed by atoms with Crippen LogP contribution < -0.4 is 5.73 Å². The highest BCUT2D eigenvalue weighted by atomic mass is 16.2. The Hall–Kier alpha value is -0.610. The van der Waals surface area contributed by atoms with E-state index in [9.17, 15) is 4.79 Å². The molecular formula is C10H19N3O. The third kappa shape index (κ3) is 1.77. The zero-order chi connectivity index (χ0) is 10.1. The second-order valence-electron chi connectivity index (χ2n) is 4.42. The summed E-state index contributed by atoms with van der Waals surface area (Å²) in [5, 5.41) is 0. The number of hydrogen-bond donors (Lipinski definition) is 1. The summed E-state index contributed by atoms with van der Waals surface area (Å²) in [5.74, 6) is 0.286. The summed E-state index contributed by atoms with van der Waals surface area (Å²) in [4.78, 5) is 16.1. The molecule has 2 aliphatic rings. The van der Waals surface area contributed by atoms with Crippen molar-refractivity contribution in [1.82, 2.24) is 9.80 Å². The molecule has 0 aromatic carbocycles. The Balaban J connectivity index is 1.84. The van der Waals surface area contributed by atoms with E-state index >= 15 is 0 Å². The monoisotopic (exact) mass is 197 g/mol. The van der Waals surface area contributed by atoms with Gasteiger partial charge in [-0.1, -0.05) is 0 Å². The number of hydrogen-bond acceptors (Lipinski definition) is 3. The van der Waals surface area contributed by atoms with Gasteiger partial charge < -0.3 is 10.6 Å². The van der Waals surface area contributed by atoms with Crippen LogP contribution in [-0.2, 0) is 4.79 Å². The highest BCUT2D eigenvalue weighted by Gasteiger charge is 2.33. The minimum atomic E-state index is 0.0351. The molecule has 0 aromatic heterocycles. The standard InChI is InChI=1S/C10H19N3O/c1-8(13-6-9(11)7-13)10(14)12-4-2-3-5-12/h8-9H,2-7,11H2,1H3. The Morgan fingerprint density at radius 2 is 1.93 bits per heavy atom. The van der Waals surface area contributed by atoms with E-state index in [0.29, 0.717) is 0 Å². The topological polar surface area (TPSA) is 49.6 Å². The zero-order valence-electron chi connectivity index (χ0n) is 8.78. The third-order valence-corrected chi connectivity index (χ3v) is 3.26. The number of nitrogens with zero attached hydrogens (tertiary/aromatic N) is 2. The van der Waals surface area contributed by atoms with E-state index in [4.69, 9.17) is 5.73 Å². The van der Waals surface area contributed by atoms with Gasteiger partial charge in [-0.2, -0.15) is 0 Å². The predicted molar refractivity (Wildman–Crippen MR) is 54.8 cm³/mol. The van der Waals surface area contributed by atoms with Crippen LogP contribution in [-0.4, -0.2) is 54.0 Å². The maximum Gasteiger partial charge on any atom is 0.239 e. The highest BCUT2D eigenvalue weighted by Crippen LogP contribution is 2.15. The van der Waals surface area contributed by atoms with E-state index in [1.165, 1.54) is 0 Å². The molecule has 14 heavy (non-hydrogen) atoms. The summed E-state index contributed by atoms with van der Waals surface area (Å²) in [7, 11) is 0. The van der Waals surface area contributed by atoms with Crippen molar-refractivity contribution in [1.29, 1.82) is 0 Å². The molecule has 0 bridgehead atoms. The molecule has 1 unspecified atom stereocenters. The summed E-state index contributed by atoms with van der Waals surface area (Å²) < 4.78 is 0. The zero-order valence-corrected chi connectivity index (χ0v) is 8.78.